The highest BCUT2D eigenvalue weighted by Gasteiger charge is 2.47. The van der Waals surface area contributed by atoms with Gasteiger partial charge in [-0.25, -0.2) is 4.98 Å². The number of fused-ring (bicyclic) bond motifs is 1. The van der Waals surface area contributed by atoms with E-state index in [1.54, 1.807) is 0 Å². The number of carbonyl (C=O) groups is 1. The number of aromatic nitrogens is 2. The summed E-state index contributed by atoms with van der Waals surface area (Å²) in [6.07, 6.45) is 2.65. The number of aliphatic carboxylic acids is 1. The second-order valence-corrected chi connectivity index (χ2v) is 5.43. The fourth-order valence-corrected chi connectivity index (χ4v) is 2.95. The van der Waals surface area contributed by atoms with Crippen molar-refractivity contribution < 1.29 is 9.90 Å². The maximum atomic E-state index is 11.2. The molecule has 1 fully saturated rings. The Morgan fingerprint density at radius 3 is 2.62 bits per heavy atom. The SMILES string of the molecule is O=C(O)C1CC1c1c(-c2ccccc2)nc2ccccn12. The maximum absolute atomic E-state index is 11.2. The molecule has 2 heterocycles. The van der Waals surface area contributed by atoms with Gasteiger partial charge in [0.2, 0.25) is 0 Å². The van der Waals surface area contributed by atoms with Crippen molar-refractivity contribution in [2.45, 2.75) is 12.3 Å². The number of benzene rings is 1. The topological polar surface area (TPSA) is 54.6 Å². The van der Waals surface area contributed by atoms with Crippen LogP contribution in [0.3, 0.4) is 0 Å². The molecule has 2 atom stereocenters. The standard InChI is InChI=1S/C17H14N2O2/c20-17(21)13-10-12(13)16-15(11-6-2-1-3-7-11)18-14-8-4-5-9-19(14)16/h1-9,12-13H,10H2,(H,20,21). The average molecular weight is 278 g/mol. The van der Waals surface area contributed by atoms with E-state index in [4.69, 9.17) is 4.98 Å². The van der Waals surface area contributed by atoms with Gasteiger partial charge < -0.3 is 9.51 Å². The predicted octanol–water partition coefficient (Wildman–Crippen LogP) is 3.19. The summed E-state index contributed by atoms with van der Waals surface area (Å²) in [6, 6.07) is 15.8. The van der Waals surface area contributed by atoms with Crippen LogP contribution in [0.25, 0.3) is 16.9 Å². The van der Waals surface area contributed by atoms with Crippen molar-refractivity contribution in [1.29, 1.82) is 0 Å². The summed E-state index contributed by atoms with van der Waals surface area (Å²) in [5, 5.41) is 9.23. The van der Waals surface area contributed by atoms with Gasteiger partial charge >= 0.3 is 5.97 Å². The van der Waals surface area contributed by atoms with Crippen LogP contribution in [0.5, 0.6) is 0 Å². The minimum atomic E-state index is -0.718. The van der Waals surface area contributed by atoms with Crippen molar-refractivity contribution in [2.24, 2.45) is 5.92 Å². The van der Waals surface area contributed by atoms with Crippen LogP contribution >= 0.6 is 0 Å². The van der Waals surface area contributed by atoms with Gasteiger partial charge in [0, 0.05) is 17.7 Å². The fourth-order valence-electron chi connectivity index (χ4n) is 2.95. The Hall–Kier alpha value is -2.62. The van der Waals surface area contributed by atoms with E-state index < -0.39 is 5.97 Å². The third-order valence-corrected chi connectivity index (χ3v) is 4.07. The largest absolute Gasteiger partial charge is 0.481 e. The van der Waals surface area contributed by atoms with Gasteiger partial charge in [-0.3, -0.25) is 4.79 Å². The van der Waals surface area contributed by atoms with E-state index in [1.807, 2.05) is 59.1 Å². The van der Waals surface area contributed by atoms with Gasteiger partial charge in [0.05, 0.1) is 17.3 Å². The first-order valence-corrected chi connectivity index (χ1v) is 7.01. The van der Waals surface area contributed by atoms with Crippen LogP contribution < -0.4 is 0 Å². The van der Waals surface area contributed by atoms with Crippen molar-refractivity contribution in [3.63, 3.8) is 0 Å². The molecule has 4 nitrogen and oxygen atoms in total. The van der Waals surface area contributed by atoms with Gasteiger partial charge in [0.25, 0.3) is 0 Å². The molecular formula is C17H14N2O2. The van der Waals surface area contributed by atoms with Crippen LogP contribution in [0.4, 0.5) is 0 Å². The van der Waals surface area contributed by atoms with Crippen molar-refractivity contribution in [2.75, 3.05) is 0 Å². The molecule has 0 aliphatic heterocycles. The van der Waals surface area contributed by atoms with Crippen LogP contribution in [0.1, 0.15) is 18.0 Å². The smallest absolute Gasteiger partial charge is 0.307 e. The van der Waals surface area contributed by atoms with E-state index in [-0.39, 0.29) is 11.8 Å². The van der Waals surface area contributed by atoms with Crippen molar-refractivity contribution in [1.82, 2.24) is 9.38 Å². The lowest BCUT2D eigenvalue weighted by Gasteiger charge is -2.04. The Bertz CT molecular complexity index is 823. The zero-order chi connectivity index (χ0) is 14.4. The third-order valence-electron chi connectivity index (χ3n) is 4.07. The highest BCUT2D eigenvalue weighted by atomic mass is 16.4. The molecule has 1 aliphatic rings. The molecule has 0 bridgehead atoms. The van der Waals surface area contributed by atoms with Gasteiger partial charge in [0.1, 0.15) is 5.65 Å². The number of hydrogen-bond acceptors (Lipinski definition) is 2. The van der Waals surface area contributed by atoms with E-state index in [9.17, 15) is 9.90 Å². The number of hydrogen-bond donors (Lipinski definition) is 1. The number of imidazole rings is 1. The summed E-state index contributed by atoms with van der Waals surface area (Å²) < 4.78 is 2.02. The van der Waals surface area contributed by atoms with Crippen LogP contribution in [0.15, 0.2) is 54.7 Å². The van der Waals surface area contributed by atoms with Crippen LogP contribution in [-0.4, -0.2) is 20.5 Å². The Labute approximate surface area is 121 Å². The third kappa shape index (κ3) is 1.91. The summed E-state index contributed by atoms with van der Waals surface area (Å²) in [7, 11) is 0. The second-order valence-electron chi connectivity index (χ2n) is 5.43. The monoisotopic (exact) mass is 278 g/mol. The lowest BCUT2D eigenvalue weighted by molar-refractivity contribution is -0.138. The predicted molar refractivity (Wildman–Crippen MR) is 79.1 cm³/mol. The van der Waals surface area contributed by atoms with Gasteiger partial charge in [0.15, 0.2) is 0 Å². The first-order valence-electron chi connectivity index (χ1n) is 7.01. The van der Waals surface area contributed by atoms with Crippen LogP contribution in [0, 0.1) is 5.92 Å². The molecule has 104 valence electrons. The first-order chi connectivity index (χ1) is 10.3. The summed E-state index contributed by atoms with van der Waals surface area (Å²) in [5.74, 6) is -0.951. The molecular weight excluding hydrogens is 264 g/mol. The summed E-state index contributed by atoms with van der Waals surface area (Å²) in [4.78, 5) is 15.9. The number of pyridine rings is 1. The van der Waals surface area contributed by atoms with Gasteiger partial charge in [-0.05, 0) is 18.6 Å². The molecule has 2 unspecified atom stereocenters. The summed E-state index contributed by atoms with van der Waals surface area (Å²) >= 11 is 0. The molecule has 1 saturated carbocycles. The van der Waals surface area contributed by atoms with Crippen LogP contribution in [-0.2, 0) is 4.79 Å². The van der Waals surface area contributed by atoms with Crippen LogP contribution in [0.2, 0.25) is 0 Å². The molecule has 2 aromatic heterocycles. The summed E-state index contributed by atoms with van der Waals surface area (Å²) in [6.45, 7) is 0. The average Bonchev–Trinajstić information content (AvgIpc) is 3.21. The molecule has 0 saturated heterocycles. The molecule has 4 heteroatoms. The summed E-state index contributed by atoms with van der Waals surface area (Å²) in [5.41, 5.74) is 3.81. The zero-order valence-electron chi connectivity index (χ0n) is 11.3. The maximum Gasteiger partial charge on any atom is 0.307 e. The number of carboxylic acids is 1. The highest BCUT2D eigenvalue weighted by molar-refractivity contribution is 5.77. The first kappa shape index (κ1) is 12.1. The molecule has 1 aromatic carbocycles. The molecule has 0 amide bonds. The van der Waals surface area contributed by atoms with Crippen molar-refractivity contribution in [3.05, 3.63) is 60.4 Å². The van der Waals surface area contributed by atoms with Gasteiger partial charge in [-0.15, -0.1) is 0 Å². The quantitative estimate of drug-likeness (QED) is 0.800. The van der Waals surface area contributed by atoms with E-state index in [1.165, 1.54) is 0 Å². The Morgan fingerprint density at radius 2 is 1.90 bits per heavy atom. The molecule has 0 spiro atoms. The fraction of sp³-hybridized carbons (Fsp3) is 0.176. The van der Waals surface area contributed by atoms with Crippen molar-refractivity contribution in [3.8, 4) is 11.3 Å². The normalized spacial score (nSPS) is 20.6. The molecule has 4 rings (SSSR count). The molecule has 0 radical (unpaired) electrons. The van der Waals surface area contributed by atoms with E-state index in [2.05, 4.69) is 0 Å². The van der Waals surface area contributed by atoms with Gasteiger partial charge in [-0.2, -0.15) is 0 Å². The van der Waals surface area contributed by atoms with Gasteiger partial charge in [-0.1, -0.05) is 36.4 Å². The van der Waals surface area contributed by atoms with E-state index >= 15 is 0 Å². The highest BCUT2D eigenvalue weighted by Crippen LogP contribution is 2.50. The Kier molecular flexibility index (Phi) is 2.57. The minimum Gasteiger partial charge on any atom is -0.481 e. The lowest BCUT2D eigenvalue weighted by atomic mass is 10.1. The zero-order valence-corrected chi connectivity index (χ0v) is 11.3. The Balaban J connectivity index is 1.92. The van der Waals surface area contributed by atoms with E-state index in [0.29, 0.717) is 6.42 Å². The molecule has 1 aliphatic carbocycles. The molecule has 3 aromatic rings. The molecule has 1 N–H and O–H groups in total. The Morgan fingerprint density at radius 1 is 1.14 bits per heavy atom. The number of rotatable bonds is 3. The second kappa shape index (κ2) is 4.45. The van der Waals surface area contributed by atoms with E-state index in [0.717, 1.165) is 22.6 Å². The van der Waals surface area contributed by atoms with Crippen molar-refractivity contribution >= 4 is 11.6 Å². The number of nitrogens with zero attached hydrogens (tertiary/aromatic N) is 2. The molecule has 21 heavy (non-hydrogen) atoms. The lowest BCUT2D eigenvalue weighted by Crippen LogP contribution is -2.01. The minimum absolute atomic E-state index is 0.0510. The number of carboxylic acid groups (broad SMARTS) is 1.